The maximum Gasteiger partial charge on any atom is 0.365 e. The van der Waals surface area contributed by atoms with Gasteiger partial charge in [-0.2, -0.15) is 4.68 Å². The van der Waals surface area contributed by atoms with Gasteiger partial charge in [-0.15, -0.1) is 0 Å². The first kappa shape index (κ1) is 13.2. The van der Waals surface area contributed by atoms with E-state index in [1.807, 2.05) is 0 Å². The number of amides is 1. The van der Waals surface area contributed by atoms with Crippen molar-refractivity contribution in [2.45, 2.75) is 13.5 Å². The van der Waals surface area contributed by atoms with Gasteiger partial charge in [-0.1, -0.05) is 17.7 Å². The van der Waals surface area contributed by atoms with Crippen LogP contribution >= 0.6 is 11.6 Å². The van der Waals surface area contributed by atoms with Crippen LogP contribution in [0.15, 0.2) is 23.0 Å². The van der Waals surface area contributed by atoms with Crippen molar-refractivity contribution in [2.75, 3.05) is 0 Å². The van der Waals surface area contributed by atoms with Crippen LogP contribution in [0.2, 0.25) is 5.02 Å². The van der Waals surface area contributed by atoms with Crippen LogP contribution in [0.1, 0.15) is 12.5 Å². The molecule has 0 bridgehead atoms. The average Bonchev–Trinajstić information content (AvgIpc) is 2.77. The second kappa shape index (κ2) is 5.63. The minimum absolute atomic E-state index is 0.00606. The number of hydrogen-bond donors (Lipinski definition) is 2. The molecule has 0 saturated carbocycles. The highest BCUT2D eigenvalue weighted by Gasteiger charge is 2.12. The number of nitrogens with one attached hydrogen (secondary N) is 2. The summed E-state index contributed by atoms with van der Waals surface area (Å²) in [6.07, 6.45) is 0. The highest BCUT2D eigenvalue weighted by atomic mass is 35.5. The SMILES string of the molecule is CC(=O)NOCc1c(Cl)cccc1-n1nn[nH]c1=O. The molecular weight excluding hydrogens is 274 g/mol. The Morgan fingerprint density at radius 2 is 2.37 bits per heavy atom. The number of nitrogens with zero attached hydrogens (tertiary/aromatic N) is 3. The van der Waals surface area contributed by atoms with E-state index >= 15 is 0 Å². The van der Waals surface area contributed by atoms with Gasteiger partial charge in [0, 0.05) is 17.5 Å². The van der Waals surface area contributed by atoms with Gasteiger partial charge >= 0.3 is 5.69 Å². The number of hydroxylamine groups is 1. The molecule has 0 radical (unpaired) electrons. The predicted octanol–water partition coefficient (Wildman–Crippen LogP) is 0.177. The standard InChI is InChI=1S/C10H10ClN5O3/c1-6(17)13-19-5-7-8(11)3-2-4-9(7)16-10(18)12-14-15-16/h2-4H,5H2,1H3,(H,13,17)(H,12,15,18). The Kier molecular flexibility index (Phi) is 3.93. The first-order chi connectivity index (χ1) is 9.09. The third-order valence-electron chi connectivity index (χ3n) is 2.23. The van der Waals surface area contributed by atoms with Crippen LogP contribution in [0.4, 0.5) is 0 Å². The smallest absolute Gasteiger partial charge is 0.273 e. The molecule has 2 N–H and O–H groups in total. The van der Waals surface area contributed by atoms with Crippen LogP contribution < -0.4 is 11.2 Å². The lowest BCUT2D eigenvalue weighted by Gasteiger charge is -2.10. The Balaban J connectivity index is 2.34. The van der Waals surface area contributed by atoms with E-state index in [4.69, 9.17) is 16.4 Å². The molecule has 0 saturated heterocycles. The van der Waals surface area contributed by atoms with Gasteiger partial charge in [0.05, 0.1) is 5.69 Å². The van der Waals surface area contributed by atoms with Gasteiger partial charge in [0.1, 0.15) is 6.61 Å². The highest BCUT2D eigenvalue weighted by Crippen LogP contribution is 2.22. The summed E-state index contributed by atoms with van der Waals surface area (Å²) in [6.45, 7) is 1.31. The zero-order valence-electron chi connectivity index (χ0n) is 9.88. The Bertz CT molecular complexity index is 651. The summed E-state index contributed by atoms with van der Waals surface area (Å²) in [5.41, 5.74) is 2.62. The van der Waals surface area contributed by atoms with Crippen LogP contribution in [0.5, 0.6) is 0 Å². The number of H-pyrrole nitrogens is 1. The molecule has 0 aliphatic heterocycles. The first-order valence-electron chi connectivity index (χ1n) is 5.26. The van der Waals surface area contributed by atoms with Crippen molar-refractivity contribution in [1.29, 1.82) is 0 Å². The zero-order chi connectivity index (χ0) is 13.8. The van der Waals surface area contributed by atoms with E-state index in [1.54, 1.807) is 18.2 Å². The molecule has 1 heterocycles. The number of aromatic nitrogens is 4. The van der Waals surface area contributed by atoms with Crippen LogP contribution in [0, 0.1) is 0 Å². The summed E-state index contributed by atoms with van der Waals surface area (Å²) in [4.78, 5) is 27.2. The van der Waals surface area contributed by atoms with Crippen LogP contribution in [0.3, 0.4) is 0 Å². The molecule has 0 fully saturated rings. The summed E-state index contributed by atoms with van der Waals surface area (Å²) in [7, 11) is 0. The van der Waals surface area contributed by atoms with Crippen molar-refractivity contribution in [1.82, 2.24) is 25.7 Å². The van der Waals surface area contributed by atoms with Gasteiger partial charge < -0.3 is 0 Å². The molecule has 9 heteroatoms. The molecule has 2 rings (SSSR count). The minimum Gasteiger partial charge on any atom is -0.273 e. The molecule has 0 atom stereocenters. The average molecular weight is 284 g/mol. The molecular formula is C10H10ClN5O3. The molecule has 8 nitrogen and oxygen atoms in total. The zero-order valence-corrected chi connectivity index (χ0v) is 10.6. The highest BCUT2D eigenvalue weighted by molar-refractivity contribution is 6.31. The predicted molar refractivity (Wildman–Crippen MR) is 65.6 cm³/mol. The maximum absolute atomic E-state index is 11.5. The van der Waals surface area contributed by atoms with Gasteiger partial charge in [-0.25, -0.2) is 15.4 Å². The topological polar surface area (TPSA) is 102 Å². The fourth-order valence-corrected chi connectivity index (χ4v) is 1.68. The molecule has 0 spiro atoms. The molecule has 1 aromatic carbocycles. The van der Waals surface area contributed by atoms with Gasteiger partial charge in [0.2, 0.25) is 5.91 Å². The van der Waals surface area contributed by atoms with Crippen molar-refractivity contribution in [2.24, 2.45) is 0 Å². The number of aromatic amines is 1. The number of benzene rings is 1. The van der Waals surface area contributed by atoms with Crippen LogP contribution in [-0.4, -0.2) is 26.1 Å². The van der Waals surface area contributed by atoms with Crippen molar-refractivity contribution in [3.8, 4) is 5.69 Å². The number of tetrazole rings is 1. The number of carbonyl (C=O) groups is 1. The summed E-state index contributed by atoms with van der Waals surface area (Å²) < 4.78 is 1.05. The maximum atomic E-state index is 11.5. The van der Waals surface area contributed by atoms with E-state index in [1.165, 1.54) is 6.92 Å². The van der Waals surface area contributed by atoms with Crippen molar-refractivity contribution < 1.29 is 9.63 Å². The lowest BCUT2D eigenvalue weighted by molar-refractivity contribution is -0.132. The van der Waals surface area contributed by atoms with E-state index in [2.05, 4.69) is 21.0 Å². The molecule has 19 heavy (non-hydrogen) atoms. The van der Waals surface area contributed by atoms with Gasteiger partial charge in [-0.05, 0) is 22.6 Å². The summed E-state index contributed by atoms with van der Waals surface area (Å²) in [5, 5.41) is 9.59. The minimum atomic E-state index is -0.497. The lowest BCUT2D eigenvalue weighted by Crippen LogP contribution is -2.22. The van der Waals surface area contributed by atoms with Gasteiger partial charge in [0.25, 0.3) is 0 Å². The molecule has 100 valence electrons. The van der Waals surface area contributed by atoms with Gasteiger partial charge in [0.15, 0.2) is 0 Å². The lowest BCUT2D eigenvalue weighted by atomic mass is 10.2. The number of hydrogen-bond acceptors (Lipinski definition) is 5. The Morgan fingerprint density at radius 3 is 3.00 bits per heavy atom. The Hall–Kier alpha value is -2.19. The molecule has 0 aliphatic carbocycles. The summed E-state index contributed by atoms with van der Waals surface area (Å²) in [6, 6.07) is 4.95. The second-order valence-corrected chi connectivity index (χ2v) is 4.01. The van der Waals surface area contributed by atoms with Crippen molar-refractivity contribution >= 4 is 17.5 Å². The van der Waals surface area contributed by atoms with Crippen molar-refractivity contribution in [3.63, 3.8) is 0 Å². The number of halogens is 1. The Morgan fingerprint density at radius 1 is 1.58 bits per heavy atom. The fourth-order valence-electron chi connectivity index (χ4n) is 1.45. The van der Waals surface area contributed by atoms with E-state index < -0.39 is 5.69 Å². The molecule has 2 aromatic rings. The van der Waals surface area contributed by atoms with E-state index in [0.29, 0.717) is 16.3 Å². The quantitative estimate of drug-likeness (QED) is 0.779. The summed E-state index contributed by atoms with van der Waals surface area (Å²) in [5.74, 6) is -0.341. The van der Waals surface area contributed by atoms with E-state index in [0.717, 1.165) is 4.68 Å². The van der Waals surface area contributed by atoms with Crippen LogP contribution in [-0.2, 0) is 16.2 Å². The normalized spacial score (nSPS) is 10.4. The molecule has 1 amide bonds. The fraction of sp³-hybridized carbons (Fsp3) is 0.200. The van der Waals surface area contributed by atoms with Gasteiger partial charge in [-0.3, -0.25) is 9.63 Å². The second-order valence-electron chi connectivity index (χ2n) is 3.60. The van der Waals surface area contributed by atoms with E-state index in [9.17, 15) is 9.59 Å². The van der Waals surface area contributed by atoms with Crippen molar-refractivity contribution in [3.05, 3.63) is 39.3 Å². The largest absolute Gasteiger partial charge is 0.365 e. The molecule has 1 aromatic heterocycles. The third-order valence-corrected chi connectivity index (χ3v) is 2.58. The molecule has 0 aliphatic rings. The monoisotopic (exact) mass is 283 g/mol. The number of rotatable bonds is 4. The van der Waals surface area contributed by atoms with E-state index in [-0.39, 0.29) is 12.5 Å². The Labute approximate surface area is 112 Å². The molecule has 0 unspecified atom stereocenters. The third kappa shape index (κ3) is 2.98. The summed E-state index contributed by atoms with van der Waals surface area (Å²) >= 11 is 6.05. The van der Waals surface area contributed by atoms with Crippen LogP contribution in [0.25, 0.3) is 5.69 Å². The number of carbonyl (C=O) groups excluding carboxylic acids is 1. The first-order valence-corrected chi connectivity index (χ1v) is 5.64.